The highest BCUT2D eigenvalue weighted by Gasteiger charge is 2.53. The van der Waals surface area contributed by atoms with E-state index >= 15 is 0 Å². The fourth-order valence-electron chi connectivity index (χ4n) is 7.51. The maximum absolute atomic E-state index is 14.6. The van der Waals surface area contributed by atoms with Gasteiger partial charge in [0.1, 0.15) is 17.8 Å². The smallest absolute Gasteiger partial charge is 0.407 e. The van der Waals surface area contributed by atoms with E-state index in [4.69, 9.17) is 4.74 Å². The number of para-hydroxylation sites is 1. The van der Waals surface area contributed by atoms with Gasteiger partial charge in [0.25, 0.3) is 5.92 Å². The second-order valence-corrected chi connectivity index (χ2v) is 15.0. The number of fused-ring (bicyclic) bond motifs is 2. The molecular weight excluding hydrogens is 650 g/mol. The van der Waals surface area contributed by atoms with Crippen LogP contribution in [0.2, 0.25) is 0 Å². The first-order valence-electron chi connectivity index (χ1n) is 17.0. The van der Waals surface area contributed by atoms with Crippen LogP contribution in [0.5, 0.6) is 5.75 Å². The number of hydrogen-bond donors (Lipinski definition) is 3. The average molecular weight is 698 g/mol. The topological polar surface area (TPSA) is 132 Å². The predicted octanol–water partition coefficient (Wildman–Crippen LogP) is 4.27. The molecule has 1 aromatic rings. The monoisotopic (exact) mass is 697 g/mol. The van der Waals surface area contributed by atoms with E-state index in [1.54, 1.807) is 39.0 Å². The SMILES string of the molecule is C[C@@H](CN(C(=O)O)C(C)(C)C)C(=O)N[C@H](C(=O)N1C[C@H]2CC(F)(F)CN2C[C@H]1C(=O)N[C@@H]1CCOc2ccccc21)C1CCC(F)(F)CC1. The molecule has 4 amide bonds. The predicted molar refractivity (Wildman–Crippen MR) is 170 cm³/mol. The van der Waals surface area contributed by atoms with E-state index in [-0.39, 0.29) is 32.5 Å². The number of alkyl halides is 4. The van der Waals surface area contributed by atoms with Crippen molar-refractivity contribution in [3.63, 3.8) is 0 Å². The zero-order valence-corrected chi connectivity index (χ0v) is 28.4. The van der Waals surface area contributed by atoms with Gasteiger partial charge in [0, 0.05) is 62.5 Å². The summed E-state index contributed by atoms with van der Waals surface area (Å²) < 4.78 is 63.5. The summed E-state index contributed by atoms with van der Waals surface area (Å²) in [5.41, 5.74) is -0.0895. The van der Waals surface area contributed by atoms with Crippen molar-refractivity contribution in [1.82, 2.24) is 25.3 Å². The zero-order chi connectivity index (χ0) is 35.9. The number of nitrogens with one attached hydrogen (secondary N) is 2. The van der Waals surface area contributed by atoms with Crippen LogP contribution in [-0.2, 0) is 14.4 Å². The maximum Gasteiger partial charge on any atom is 0.407 e. The Kier molecular flexibility index (Phi) is 10.4. The molecule has 49 heavy (non-hydrogen) atoms. The minimum atomic E-state index is -3.02. The van der Waals surface area contributed by atoms with Gasteiger partial charge in [-0.05, 0) is 45.6 Å². The largest absolute Gasteiger partial charge is 0.493 e. The van der Waals surface area contributed by atoms with Gasteiger partial charge in [-0.3, -0.25) is 19.3 Å². The highest BCUT2D eigenvalue weighted by atomic mass is 19.3. The highest BCUT2D eigenvalue weighted by molar-refractivity contribution is 5.93. The first kappa shape index (κ1) is 36.7. The normalized spacial score (nSPS) is 26.4. The van der Waals surface area contributed by atoms with Crippen LogP contribution >= 0.6 is 0 Å². The van der Waals surface area contributed by atoms with Gasteiger partial charge in [0.05, 0.1) is 25.1 Å². The number of rotatable bonds is 8. The third-order valence-electron chi connectivity index (χ3n) is 10.3. The Hall–Kier alpha value is -3.62. The first-order valence-corrected chi connectivity index (χ1v) is 17.0. The number of carbonyl (C=O) groups is 4. The Bertz CT molecular complexity index is 1410. The molecular formula is C34H47F4N5O6. The molecule has 3 heterocycles. The van der Waals surface area contributed by atoms with E-state index in [9.17, 15) is 41.8 Å². The van der Waals surface area contributed by atoms with Gasteiger partial charge in [0.2, 0.25) is 23.6 Å². The quantitative estimate of drug-likeness (QED) is 0.346. The Morgan fingerprint density at radius 1 is 1.04 bits per heavy atom. The number of nitrogens with zero attached hydrogens (tertiary/aromatic N) is 3. The number of hydrogen-bond acceptors (Lipinski definition) is 6. The minimum absolute atomic E-state index is 0.0848. The Morgan fingerprint density at radius 2 is 1.71 bits per heavy atom. The second-order valence-electron chi connectivity index (χ2n) is 15.0. The van der Waals surface area contributed by atoms with Crippen LogP contribution in [0.4, 0.5) is 22.4 Å². The fraction of sp³-hybridized carbons (Fsp3) is 0.706. The number of carbonyl (C=O) groups excluding carboxylic acids is 3. The standard InChI is InChI=1S/C34H47F4N5O6/c1-20(16-43(31(47)48)32(2,3)4)28(44)40-27(21-9-12-33(35,36)13-10-21)30(46)42-17-22-15-34(37,38)19-41(22)18-25(42)29(45)39-24-11-14-49-26-8-6-5-7-23(24)26/h5-8,20-22,24-25,27H,9-19H2,1-4H3,(H,39,45)(H,40,44)(H,47,48)/t20-,22+,24+,25-,27-/m0/s1. The van der Waals surface area contributed by atoms with Crippen LogP contribution in [0.25, 0.3) is 0 Å². The summed E-state index contributed by atoms with van der Waals surface area (Å²) in [5.74, 6) is -8.90. The van der Waals surface area contributed by atoms with Crippen molar-refractivity contribution in [2.75, 3.05) is 32.8 Å². The lowest BCUT2D eigenvalue weighted by Gasteiger charge is -2.45. The van der Waals surface area contributed by atoms with Crippen LogP contribution in [-0.4, -0.2) is 112 Å². The van der Waals surface area contributed by atoms with Gasteiger partial charge in [0.15, 0.2) is 0 Å². The highest BCUT2D eigenvalue weighted by Crippen LogP contribution is 2.40. The molecule has 0 bridgehead atoms. The summed E-state index contributed by atoms with van der Waals surface area (Å²) in [6.45, 7) is 5.75. The molecule has 3 aliphatic heterocycles. The van der Waals surface area contributed by atoms with E-state index in [0.29, 0.717) is 18.8 Å². The van der Waals surface area contributed by atoms with Crippen molar-refractivity contribution in [1.29, 1.82) is 0 Å². The number of amides is 4. The lowest BCUT2D eigenvalue weighted by molar-refractivity contribution is -0.150. The van der Waals surface area contributed by atoms with Crippen molar-refractivity contribution in [2.24, 2.45) is 11.8 Å². The van der Waals surface area contributed by atoms with Crippen molar-refractivity contribution < 1.29 is 46.6 Å². The summed E-state index contributed by atoms with van der Waals surface area (Å²) in [6, 6.07) is 3.48. The molecule has 272 valence electrons. The van der Waals surface area contributed by atoms with Crippen LogP contribution in [0.15, 0.2) is 24.3 Å². The maximum atomic E-state index is 14.6. The summed E-state index contributed by atoms with van der Waals surface area (Å²) >= 11 is 0. The molecule has 1 aromatic carbocycles. The number of carboxylic acid groups (broad SMARTS) is 1. The molecule has 3 fully saturated rings. The molecule has 0 spiro atoms. The summed E-state index contributed by atoms with van der Waals surface area (Å²) in [7, 11) is 0. The molecule has 3 N–H and O–H groups in total. The van der Waals surface area contributed by atoms with E-state index in [1.807, 2.05) is 6.07 Å². The average Bonchev–Trinajstić information content (AvgIpc) is 3.33. The van der Waals surface area contributed by atoms with E-state index in [1.165, 1.54) is 16.7 Å². The third kappa shape index (κ3) is 8.41. The van der Waals surface area contributed by atoms with Crippen molar-refractivity contribution in [3.05, 3.63) is 29.8 Å². The second kappa shape index (κ2) is 13.9. The molecule has 1 saturated carbocycles. The van der Waals surface area contributed by atoms with Crippen LogP contribution in [0, 0.1) is 11.8 Å². The van der Waals surface area contributed by atoms with Crippen molar-refractivity contribution in [3.8, 4) is 5.75 Å². The number of halogens is 4. The van der Waals surface area contributed by atoms with E-state index < -0.39 is 103 Å². The molecule has 1 aliphatic carbocycles. The Balaban J connectivity index is 1.42. The van der Waals surface area contributed by atoms with Gasteiger partial charge >= 0.3 is 6.09 Å². The number of piperazine rings is 1. The Labute approximate surface area is 283 Å². The molecule has 2 saturated heterocycles. The summed E-state index contributed by atoms with van der Waals surface area (Å²) in [6.07, 6.45) is -2.47. The van der Waals surface area contributed by atoms with E-state index in [0.717, 1.165) is 10.5 Å². The van der Waals surface area contributed by atoms with Crippen molar-refractivity contribution in [2.45, 2.75) is 108 Å². The van der Waals surface area contributed by atoms with Crippen molar-refractivity contribution >= 4 is 23.8 Å². The first-order chi connectivity index (χ1) is 22.8. The molecule has 4 aliphatic rings. The van der Waals surface area contributed by atoms with Gasteiger partial charge in [-0.15, -0.1) is 0 Å². The van der Waals surface area contributed by atoms with Gasteiger partial charge < -0.3 is 30.3 Å². The Morgan fingerprint density at radius 3 is 2.37 bits per heavy atom. The molecule has 15 heteroatoms. The molecule has 5 atom stereocenters. The van der Waals surface area contributed by atoms with Crippen LogP contribution in [0.3, 0.4) is 0 Å². The molecule has 0 radical (unpaired) electrons. The van der Waals surface area contributed by atoms with Crippen LogP contribution < -0.4 is 15.4 Å². The lowest BCUT2D eigenvalue weighted by atomic mass is 9.81. The lowest BCUT2D eigenvalue weighted by Crippen LogP contribution is -2.66. The molecule has 0 aromatic heterocycles. The molecule has 0 unspecified atom stereocenters. The van der Waals surface area contributed by atoms with Gasteiger partial charge in [-0.2, -0.15) is 0 Å². The molecule has 5 rings (SSSR count). The van der Waals surface area contributed by atoms with E-state index in [2.05, 4.69) is 10.6 Å². The number of ether oxygens (including phenoxy) is 1. The third-order valence-corrected chi connectivity index (χ3v) is 10.3. The molecule has 11 nitrogen and oxygen atoms in total. The van der Waals surface area contributed by atoms with Gasteiger partial charge in [-0.1, -0.05) is 25.1 Å². The fourth-order valence-corrected chi connectivity index (χ4v) is 7.51. The summed E-state index contributed by atoms with van der Waals surface area (Å²) in [4.78, 5) is 58.0. The zero-order valence-electron chi connectivity index (χ0n) is 28.4. The van der Waals surface area contributed by atoms with Crippen LogP contribution in [0.1, 0.15) is 77.8 Å². The number of benzene rings is 1. The summed E-state index contributed by atoms with van der Waals surface area (Å²) in [5, 5.41) is 15.5. The minimum Gasteiger partial charge on any atom is -0.493 e. The van der Waals surface area contributed by atoms with Gasteiger partial charge in [-0.25, -0.2) is 22.4 Å².